The zero-order chi connectivity index (χ0) is 15.4. The molecule has 0 radical (unpaired) electrons. The van der Waals surface area contributed by atoms with E-state index in [1.54, 1.807) is 13.0 Å². The van der Waals surface area contributed by atoms with Crippen molar-refractivity contribution in [2.45, 2.75) is 32.7 Å². The molecule has 2 rings (SSSR count). The fourth-order valence-corrected chi connectivity index (χ4v) is 3.00. The summed E-state index contributed by atoms with van der Waals surface area (Å²) in [6.45, 7) is 7.36. The van der Waals surface area contributed by atoms with Gasteiger partial charge in [0.1, 0.15) is 0 Å². The maximum Gasteiger partial charge on any atom is 0.313 e. The smallest absolute Gasteiger partial charge is 0.313 e. The molecule has 6 nitrogen and oxygen atoms in total. The summed E-state index contributed by atoms with van der Waals surface area (Å²) in [7, 11) is 0. The molecule has 0 aliphatic carbocycles. The maximum atomic E-state index is 11.2. The average Bonchev–Trinajstić information content (AvgIpc) is 2.46. The number of aryl methyl sites for hydroxylation is 1. The molecule has 0 unspecified atom stereocenters. The molecule has 2 N–H and O–H groups in total. The Bertz CT molecular complexity index is 523. The predicted molar refractivity (Wildman–Crippen MR) is 96.1 cm³/mol. The molecule has 1 aromatic rings. The maximum absolute atomic E-state index is 11.2. The topological polar surface area (TPSA) is 78.6 Å². The van der Waals surface area contributed by atoms with E-state index < -0.39 is 4.92 Å². The van der Waals surface area contributed by atoms with E-state index in [0.717, 1.165) is 39.0 Å². The zero-order valence-corrected chi connectivity index (χ0v) is 15.1. The summed E-state index contributed by atoms with van der Waals surface area (Å²) < 4.78 is 0. The molecular weight excluding hydrogens is 341 g/mol. The Morgan fingerprint density at radius 1 is 1.35 bits per heavy atom. The molecule has 0 aromatic heterocycles. The van der Waals surface area contributed by atoms with Crippen LogP contribution < -0.4 is 5.32 Å². The van der Waals surface area contributed by atoms with E-state index in [1.807, 2.05) is 6.07 Å². The van der Waals surface area contributed by atoms with Gasteiger partial charge < -0.3 is 10.4 Å². The molecule has 0 saturated carbocycles. The number of nitro benzene ring substituents is 1. The predicted octanol–water partition coefficient (Wildman–Crippen LogP) is 3.20. The highest BCUT2D eigenvalue weighted by atomic mass is 35.5. The summed E-state index contributed by atoms with van der Waals surface area (Å²) in [6.07, 6.45) is 1.85. The Morgan fingerprint density at radius 3 is 2.48 bits per heavy atom. The summed E-state index contributed by atoms with van der Waals surface area (Å²) in [6, 6.07) is 3.61. The number of phenolic OH excluding ortho intramolecular Hbond substituents is 1. The van der Waals surface area contributed by atoms with Crippen LogP contribution in [-0.2, 0) is 0 Å². The van der Waals surface area contributed by atoms with Gasteiger partial charge >= 0.3 is 5.69 Å². The van der Waals surface area contributed by atoms with Crippen molar-refractivity contribution >= 4 is 30.5 Å². The molecule has 1 aliphatic heterocycles. The minimum atomic E-state index is -0.491. The second-order valence-corrected chi connectivity index (χ2v) is 5.52. The van der Waals surface area contributed by atoms with Gasteiger partial charge in [0.05, 0.1) is 4.92 Å². The Kier molecular flexibility index (Phi) is 9.46. The molecular formula is C15H25Cl2N3O3. The van der Waals surface area contributed by atoms with E-state index in [-0.39, 0.29) is 42.3 Å². The van der Waals surface area contributed by atoms with Gasteiger partial charge in [0.15, 0.2) is 5.75 Å². The summed E-state index contributed by atoms with van der Waals surface area (Å²) in [5.74, 6) is -0.169. The van der Waals surface area contributed by atoms with Crippen LogP contribution in [0, 0.1) is 17.0 Å². The first kappa shape index (κ1) is 21.9. The molecule has 1 saturated heterocycles. The minimum absolute atomic E-state index is 0. The molecule has 1 atom stereocenters. The van der Waals surface area contributed by atoms with Crippen molar-refractivity contribution in [3.63, 3.8) is 0 Å². The van der Waals surface area contributed by atoms with Crippen LogP contribution in [0.15, 0.2) is 12.1 Å². The van der Waals surface area contributed by atoms with Crippen molar-refractivity contribution in [2.75, 3.05) is 26.2 Å². The minimum Gasteiger partial charge on any atom is -0.502 e. The first-order valence-corrected chi connectivity index (χ1v) is 7.47. The fourth-order valence-electron chi connectivity index (χ4n) is 3.00. The van der Waals surface area contributed by atoms with Gasteiger partial charge in [-0.3, -0.25) is 15.0 Å². The van der Waals surface area contributed by atoms with Crippen LogP contribution >= 0.6 is 24.8 Å². The number of hydrogen-bond donors (Lipinski definition) is 2. The van der Waals surface area contributed by atoms with Crippen LogP contribution in [-0.4, -0.2) is 41.1 Å². The molecule has 0 bridgehead atoms. The number of halogens is 2. The number of nitro groups is 1. The number of phenols is 1. The van der Waals surface area contributed by atoms with Gasteiger partial charge in [-0.1, -0.05) is 25.5 Å². The average molecular weight is 366 g/mol. The van der Waals surface area contributed by atoms with E-state index in [9.17, 15) is 15.2 Å². The molecule has 8 heteroatoms. The summed E-state index contributed by atoms with van der Waals surface area (Å²) in [5.41, 5.74) is 1.01. The van der Waals surface area contributed by atoms with Crippen LogP contribution in [0.2, 0.25) is 0 Å². The second kappa shape index (κ2) is 9.93. The fraction of sp³-hybridized carbons (Fsp3) is 0.600. The highest BCUT2D eigenvalue weighted by Crippen LogP contribution is 2.39. The third-order valence-corrected chi connectivity index (χ3v) is 4.08. The lowest BCUT2D eigenvalue weighted by Crippen LogP contribution is -2.45. The zero-order valence-electron chi connectivity index (χ0n) is 13.4. The van der Waals surface area contributed by atoms with Gasteiger partial charge in [0.2, 0.25) is 0 Å². The molecule has 0 amide bonds. The lowest BCUT2D eigenvalue weighted by Gasteiger charge is -2.35. The Labute approximate surface area is 149 Å². The lowest BCUT2D eigenvalue weighted by atomic mass is 9.96. The van der Waals surface area contributed by atoms with Gasteiger partial charge in [-0.2, -0.15) is 0 Å². The van der Waals surface area contributed by atoms with Crippen LogP contribution in [0.25, 0.3) is 0 Å². The van der Waals surface area contributed by atoms with Crippen molar-refractivity contribution in [1.82, 2.24) is 10.2 Å². The summed E-state index contributed by atoms with van der Waals surface area (Å²) in [5, 5.41) is 24.9. The van der Waals surface area contributed by atoms with Crippen molar-refractivity contribution < 1.29 is 10.0 Å². The first-order chi connectivity index (χ1) is 10.1. The van der Waals surface area contributed by atoms with Crippen molar-refractivity contribution in [1.29, 1.82) is 0 Å². The molecule has 1 aromatic carbocycles. The van der Waals surface area contributed by atoms with Crippen molar-refractivity contribution in [3.8, 4) is 5.75 Å². The standard InChI is InChI=1S/C15H23N3O3.2ClH/c1-3-4-13(17-9-7-16-8-10-17)12-6-5-11(2)14(15(12)19)18(20)21;;/h5-6,13,16,19H,3-4,7-10H2,1-2H3;2*1H/t13-;;/m0../s1. The molecule has 132 valence electrons. The Balaban J connectivity index is 0.00000242. The quantitative estimate of drug-likeness (QED) is 0.618. The largest absolute Gasteiger partial charge is 0.502 e. The highest BCUT2D eigenvalue weighted by molar-refractivity contribution is 5.85. The highest BCUT2D eigenvalue weighted by Gasteiger charge is 2.28. The monoisotopic (exact) mass is 365 g/mol. The molecule has 0 spiro atoms. The molecule has 23 heavy (non-hydrogen) atoms. The molecule has 1 heterocycles. The number of benzene rings is 1. The molecule has 1 aliphatic rings. The normalized spacial score (nSPS) is 16.1. The van der Waals surface area contributed by atoms with Crippen LogP contribution in [0.4, 0.5) is 5.69 Å². The Morgan fingerprint density at radius 2 is 1.96 bits per heavy atom. The number of nitrogens with one attached hydrogen (secondary N) is 1. The third kappa shape index (κ3) is 4.94. The van der Waals surface area contributed by atoms with Gasteiger partial charge in [-0.15, -0.1) is 24.8 Å². The third-order valence-electron chi connectivity index (χ3n) is 4.08. The van der Waals surface area contributed by atoms with Crippen LogP contribution in [0.5, 0.6) is 5.75 Å². The number of piperazine rings is 1. The van der Waals surface area contributed by atoms with E-state index >= 15 is 0 Å². The summed E-state index contributed by atoms with van der Waals surface area (Å²) in [4.78, 5) is 13.0. The summed E-state index contributed by atoms with van der Waals surface area (Å²) >= 11 is 0. The van der Waals surface area contributed by atoms with Gasteiger partial charge in [0, 0.05) is 43.3 Å². The van der Waals surface area contributed by atoms with E-state index in [4.69, 9.17) is 0 Å². The van der Waals surface area contributed by atoms with E-state index in [0.29, 0.717) is 11.1 Å². The number of aromatic hydroxyl groups is 1. The number of rotatable bonds is 5. The SMILES string of the molecule is CCC[C@@H](c1ccc(C)c([N+](=O)[O-])c1O)N1CCNCC1.Cl.Cl. The van der Waals surface area contributed by atoms with Gasteiger partial charge in [-0.05, 0) is 13.3 Å². The van der Waals surface area contributed by atoms with Crippen molar-refractivity contribution in [2.24, 2.45) is 0 Å². The van der Waals surface area contributed by atoms with E-state index in [1.165, 1.54) is 0 Å². The first-order valence-electron chi connectivity index (χ1n) is 7.47. The second-order valence-electron chi connectivity index (χ2n) is 5.52. The van der Waals surface area contributed by atoms with Crippen LogP contribution in [0.3, 0.4) is 0 Å². The Hall–Kier alpha value is -1.08. The number of nitrogens with zero attached hydrogens (tertiary/aromatic N) is 2. The van der Waals surface area contributed by atoms with E-state index in [2.05, 4.69) is 17.1 Å². The van der Waals surface area contributed by atoms with Crippen molar-refractivity contribution in [3.05, 3.63) is 33.4 Å². The van der Waals surface area contributed by atoms with Gasteiger partial charge in [0.25, 0.3) is 0 Å². The van der Waals surface area contributed by atoms with Crippen LogP contribution in [0.1, 0.15) is 36.9 Å². The molecule has 1 fully saturated rings. The number of hydrogen-bond acceptors (Lipinski definition) is 5. The lowest BCUT2D eigenvalue weighted by molar-refractivity contribution is -0.386. The van der Waals surface area contributed by atoms with Gasteiger partial charge in [-0.25, -0.2) is 0 Å².